The number of aromatic nitrogens is 2. The number of fused-ring (bicyclic) bond motifs is 2. The number of halogens is 1. The number of benzene rings is 2. The molecule has 1 amide bonds. The van der Waals surface area contributed by atoms with Crippen molar-refractivity contribution in [3.63, 3.8) is 0 Å². The molecule has 1 aromatic heterocycles. The number of nitrogens with one attached hydrogen (secondary N) is 1. The zero-order valence-electron chi connectivity index (χ0n) is 15.0. The van der Waals surface area contributed by atoms with Gasteiger partial charge < -0.3 is 14.8 Å². The molecule has 1 aliphatic rings. The van der Waals surface area contributed by atoms with E-state index in [9.17, 15) is 9.59 Å². The summed E-state index contributed by atoms with van der Waals surface area (Å²) in [5, 5.41) is 3.33. The van der Waals surface area contributed by atoms with E-state index in [-0.39, 0.29) is 18.0 Å². The Kier molecular flexibility index (Phi) is 5.16. The molecule has 0 saturated heterocycles. The standard InChI is InChI=1S/C20H18ClN3O4/c21-14-9-13(10-17-20(14)28-8-7-27-17)5-6-22-18(25)12-24-16-4-2-1-3-15(16)23-11-19(24)26/h1-4,9-11H,5-8,12H2,(H,22,25). The molecule has 0 saturated carbocycles. The highest BCUT2D eigenvalue weighted by molar-refractivity contribution is 6.32. The Morgan fingerprint density at radius 2 is 2.04 bits per heavy atom. The number of rotatable bonds is 5. The van der Waals surface area contributed by atoms with Crippen molar-refractivity contribution in [1.29, 1.82) is 0 Å². The van der Waals surface area contributed by atoms with E-state index in [1.54, 1.807) is 12.1 Å². The summed E-state index contributed by atoms with van der Waals surface area (Å²) in [6, 6.07) is 10.9. The maximum Gasteiger partial charge on any atom is 0.269 e. The molecule has 0 aliphatic carbocycles. The molecular formula is C20H18ClN3O4. The number of carbonyl (C=O) groups is 1. The van der Waals surface area contributed by atoms with Gasteiger partial charge in [0.05, 0.1) is 22.3 Å². The lowest BCUT2D eigenvalue weighted by Crippen LogP contribution is -2.33. The van der Waals surface area contributed by atoms with Crippen molar-refractivity contribution in [3.05, 3.63) is 63.5 Å². The van der Waals surface area contributed by atoms with Crippen LogP contribution in [0.1, 0.15) is 5.56 Å². The topological polar surface area (TPSA) is 82.5 Å². The third kappa shape index (κ3) is 3.80. The van der Waals surface area contributed by atoms with Gasteiger partial charge in [-0.05, 0) is 36.2 Å². The van der Waals surface area contributed by atoms with Crippen molar-refractivity contribution in [2.75, 3.05) is 19.8 Å². The second-order valence-corrected chi connectivity index (χ2v) is 6.78. The second-order valence-electron chi connectivity index (χ2n) is 6.37. The van der Waals surface area contributed by atoms with Gasteiger partial charge in [0.1, 0.15) is 19.8 Å². The van der Waals surface area contributed by atoms with Crippen LogP contribution in [0.5, 0.6) is 11.5 Å². The Labute approximate surface area is 165 Å². The van der Waals surface area contributed by atoms with E-state index >= 15 is 0 Å². The molecule has 8 heteroatoms. The van der Waals surface area contributed by atoms with Crippen LogP contribution in [0.2, 0.25) is 5.02 Å². The third-order valence-electron chi connectivity index (χ3n) is 4.45. The molecule has 0 spiro atoms. The predicted molar refractivity (Wildman–Crippen MR) is 105 cm³/mol. The van der Waals surface area contributed by atoms with Crippen LogP contribution in [-0.2, 0) is 17.8 Å². The van der Waals surface area contributed by atoms with Crippen LogP contribution < -0.4 is 20.3 Å². The van der Waals surface area contributed by atoms with Crippen molar-refractivity contribution >= 4 is 28.5 Å². The summed E-state index contributed by atoms with van der Waals surface area (Å²) in [4.78, 5) is 28.5. The van der Waals surface area contributed by atoms with Gasteiger partial charge in [0, 0.05) is 6.54 Å². The fraction of sp³-hybridized carbons (Fsp3) is 0.250. The minimum Gasteiger partial charge on any atom is -0.486 e. The number of hydrogen-bond donors (Lipinski definition) is 1. The van der Waals surface area contributed by atoms with Gasteiger partial charge in [0.2, 0.25) is 5.91 Å². The summed E-state index contributed by atoms with van der Waals surface area (Å²) in [6.07, 6.45) is 1.81. The van der Waals surface area contributed by atoms with Crippen molar-refractivity contribution < 1.29 is 14.3 Å². The Balaban J connectivity index is 1.40. The fourth-order valence-electron chi connectivity index (χ4n) is 3.13. The number of ether oxygens (including phenoxy) is 2. The molecule has 28 heavy (non-hydrogen) atoms. The van der Waals surface area contributed by atoms with Gasteiger partial charge >= 0.3 is 0 Å². The molecule has 1 N–H and O–H groups in total. The lowest BCUT2D eigenvalue weighted by atomic mass is 10.1. The molecule has 0 radical (unpaired) electrons. The van der Waals surface area contributed by atoms with E-state index in [0.717, 1.165) is 5.56 Å². The average molecular weight is 400 g/mol. The van der Waals surface area contributed by atoms with Gasteiger partial charge in [-0.1, -0.05) is 23.7 Å². The molecule has 144 valence electrons. The van der Waals surface area contributed by atoms with Crippen LogP contribution in [0.3, 0.4) is 0 Å². The summed E-state index contributed by atoms with van der Waals surface area (Å²) >= 11 is 6.23. The largest absolute Gasteiger partial charge is 0.486 e. The molecule has 0 bridgehead atoms. The number of amides is 1. The summed E-state index contributed by atoms with van der Waals surface area (Å²) in [5.41, 5.74) is 1.91. The van der Waals surface area contributed by atoms with Gasteiger partial charge in [-0.3, -0.25) is 14.2 Å². The maximum atomic E-state index is 12.3. The highest BCUT2D eigenvalue weighted by atomic mass is 35.5. The molecule has 4 rings (SSSR count). The minimum atomic E-state index is -0.313. The Morgan fingerprint density at radius 1 is 1.21 bits per heavy atom. The zero-order chi connectivity index (χ0) is 19.5. The van der Waals surface area contributed by atoms with Crippen LogP contribution >= 0.6 is 11.6 Å². The predicted octanol–water partition coefficient (Wildman–Crippen LogP) is 2.18. The van der Waals surface area contributed by atoms with Crippen LogP contribution in [0.4, 0.5) is 0 Å². The number of carbonyl (C=O) groups excluding carboxylic acids is 1. The quantitative estimate of drug-likeness (QED) is 0.711. The Bertz CT molecular complexity index is 1100. The Morgan fingerprint density at radius 3 is 2.93 bits per heavy atom. The average Bonchev–Trinajstić information content (AvgIpc) is 2.70. The van der Waals surface area contributed by atoms with Crippen LogP contribution in [0, 0.1) is 0 Å². The van der Waals surface area contributed by atoms with Crippen molar-refractivity contribution in [2.45, 2.75) is 13.0 Å². The normalized spacial score (nSPS) is 12.8. The minimum absolute atomic E-state index is 0.0657. The molecule has 2 heterocycles. The molecule has 0 atom stereocenters. The van der Waals surface area contributed by atoms with Gasteiger partial charge in [-0.25, -0.2) is 4.98 Å². The first kappa shape index (κ1) is 18.3. The van der Waals surface area contributed by atoms with Gasteiger partial charge in [-0.2, -0.15) is 0 Å². The molecule has 0 unspecified atom stereocenters. The SMILES string of the molecule is O=C(Cn1c(=O)cnc2ccccc21)NCCc1cc(Cl)c2c(c1)OCCO2. The molecule has 1 aliphatic heterocycles. The summed E-state index contributed by atoms with van der Waals surface area (Å²) in [7, 11) is 0. The van der Waals surface area contributed by atoms with Gasteiger partial charge in [-0.15, -0.1) is 0 Å². The van der Waals surface area contributed by atoms with Gasteiger partial charge in [0.15, 0.2) is 11.5 Å². The van der Waals surface area contributed by atoms with E-state index in [2.05, 4.69) is 10.3 Å². The van der Waals surface area contributed by atoms with E-state index in [0.29, 0.717) is 53.7 Å². The van der Waals surface area contributed by atoms with E-state index < -0.39 is 0 Å². The molecule has 0 fully saturated rings. The lowest BCUT2D eigenvalue weighted by molar-refractivity contribution is -0.121. The van der Waals surface area contributed by atoms with Crippen LogP contribution in [0.15, 0.2) is 47.4 Å². The van der Waals surface area contributed by atoms with Crippen molar-refractivity contribution in [3.8, 4) is 11.5 Å². The second kappa shape index (κ2) is 7.90. The zero-order valence-corrected chi connectivity index (χ0v) is 15.7. The van der Waals surface area contributed by atoms with E-state index in [1.807, 2.05) is 24.3 Å². The van der Waals surface area contributed by atoms with Crippen molar-refractivity contribution in [1.82, 2.24) is 14.9 Å². The summed E-state index contributed by atoms with van der Waals surface area (Å²) in [5.74, 6) is 0.932. The highest BCUT2D eigenvalue weighted by Crippen LogP contribution is 2.38. The van der Waals surface area contributed by atoms with E-state index in [1.165, 1.54) is 10.8 Å². The van der Waals surface area contributed by atoms with Crippen LogP contribution in [0.25, 0.3) is 11.0 Å². The maximum absolute atomic E-state index is 12.3. The fourth-order valence-corrected chi connectivity index (χ4v) is 3.42. The Hall–Kier alpha value is -3.06. The number of para-hydroxylation sites is 2. The molecular weight excluding hydrogens is 382 g/mol. The third-order valence-corrected chi connectivity index (χ3v) is 4.73. The number of hydrogen-bond acceptors (Lipinski definition) is 5. The van der Waals surface area contributed by atoms with Crippen molar-refractivity contribution in [2.24, 2.45) is 0 Å². The van der Waals surface area contributed by atoms with Gasteiger partial charge in [0.25, 0.3) is 5.56 Å². The summed E-state index contributed by atoms with van der Waals surface area (Å²) in [6.45, 7) is 1.31. The highest BCUT2D eigenvalue weighted by Gasteiger charge is 2.16. The van der Waals surface area contributed by atoms with Crippen LogP contribution in [-0.4, -0.2) is 35.2 Å². The molecule has 2 aromatic carbocycles. The first-order valence-corrected chi connectivity index (χ1v) is 9.29. The first-order valence-electron chi connectivity index (χ1n) is 8.91. The molecule has 7 nitrogen and oxygen atoms in total. The summed E-state index contributed by atoms with van der Waals surface area (Å²) < 4.78 is 12.5. The number of nitrogens with zero attached hydrogens (tertiary/aromatic N) is 2. The van der Waals surface area contributed by atoms with E-state index in [4.69, 9.17) is 21.1 Å². The lowest BCUT2D eigenvalue weighted by Gasteiger charge is -2.20. The smallest absolute Gasteiger partial charge is 0.269 e. The molecule has 3 aromatic rings. The monoisotopic (exact) mass is 399 g/mol. The first-order chi connectivity index (χ1) is 13.6.